The van der Waals surface area contributed by atoms with E-state index in [2.05, 4.69) is 12.2 Å². The van der Waals surface area contributed by atoms with Crippen LogP contribution in [0.25, 0.3) is 0 Å². The molecular weight excluding hydrogens is 288 g/mol. The first-order chi connectivity index (χ1) is 9.99. The van der Waals surface area contributed by atoms with Crippen LogP contribution in [0.2, 0.25) is 0 Å². The summed E-state index contributed by atoms with van der Waals surface area (Å²) >= 11 is 0. The molecule has 2 saturated heterocycles. The second-order valence-electron chi connectivity index (χ2n) is 6.96. The summed E-state index contributed by atoms with van der Waals surface area (Å²) in [7, 11) is -2.97. The molecule has 4 atom stereocenters. The average Bonchev–Trinajstić information content (AvgIpc) is 2.97. The minimum absolute atomic E-state index is 0.0571. The van der Waals surface area contributed by atoms with Crippen LogP contribution in [0, 0.1) is 11.8 Å². The van der Waals surface area contributed by atoms with Crippen molar-refractivity contribution >= 4 is 15.9 Å². The van der Waals surface area contributed by atoms with Crippen molar-refractivity contribution in [3.8, 4) is 0 Å². The molecule has 6 heteroatoms. The van der Waals surface area contributed by atoms with Gasteiger partial charge in [-0.2, -0.15) is 0 Å². The number of likely N-dealkylation sites (tertiary alicyclic amines) is 1. The number of hydrogen-bond donors (Lipinski definition) is 1. The van der Waals surface area contributed by atoms with Crippen molar-refractivity contribution in [2.24, 2.45) is 11.8 Å². The third kappa shape index (κ3) is 2.91. The second kappa shape index (κ2) is 5.78. The number of nitrogens with one attached hydrogen (secondary N) is 1. The fraction of sp³-hybridized carbons (Fsp3) is 0.933. The molecule has 1 aliphatic carbocycles. The van der Waals surface area contributed by atoms with Gasteiger partial charge in [-0.05, 0) is 37.5 Å². The fourth-order valence-electron chi connectivity index (χ4n) is 4.40. The molecule has 0 aromatic carbocycles. The van der Waals surface area contributed by atoms with Gasteiger partial charge in [-0.15, -0.1) is 0 Å². The summed E-state index contributed by atoms with van der Waals surface area (Å²) in [6.45, 7) is 3.33. The highest BCUT2D eigenvalue weighted by atomic mass is 32.2. The van der Waals surface area contributed by atoms with Gasteiger partial charge < -0.3 is 10.2 Å². The van der Waals surface area contributed by atoms with Crippen LogP contribution in [-0.2, 0) is 9.84 Å². The molecule has 0 unspecified atom stereocenters. The molecule has 0 bridgehead atoms. The van der Waals surface area contributed by atoms with E-state index in [0.29, 0.717) is 24.3 Å². The van der Waals surface area contributed by atoms with Crippen molar-refractivity contribution in [3.05, 3.63) is 0 Å². The Hall–Kier alpha value is -0.780. The predicted octanol–water partition coefficient (Wildman–Crippen LogP) is 1.78. The standard InChI is InChI=1S/C15H26N2O3S/c1-11-10-17(14-7-3-2-6-13(11)14)15(18)16-9-12-5-4-8-21(12,19)20/h11-14H,2-10H2,1H3,(H,16,18)/t11-,12+,13-,14-/m1/s1. The Morgan fingerprint density at radius 3 is 2.67 bits per heavy atom. The summed E-state index contributed by atoms with van der Waals surface area (Å²) in [6, 6.07) is 0.312. The quantitative estimate of drug-likeness (QED) is 0.845. The zero-order valence-corrected chi connectivity index (χ0v) is 13.6. The maximum absolute atomic E-state index is 12.4. The Morgan fingerprint density at radius 2 is 1.95 bits per heavy atom. The van der Waals surface area contributed by atoms with Crippen molar-refractivity contribution in [1.29, 1.82) is 0 Å². The highest BCUT2D eigenvalue weighted by Gasteiger charge is 2.43. The van der Waals surface area contributed by atoms with E-state index in [1.165, 1.54) is 19.3 Å². The second-order valence-corrected chi connectivity index (χ2v) is 9.36. The SMILES string of the molecule is C[C@@H]1CN(C(=O)NC[C@@H]2CCCS2(=O)=O)[C@@H]2CCCC[C@H]12. The highest BCUT2D eigenvalue weighted by molar-refractivity contribution is 7.92. The number of carbonyl (C=O) groups excluding carboxylic acids is 1. The molecule has 0 radical (unpaired) electrons. The molecule has 1 saturated carbocycles. The lowest BCUT2D eigenvalue weighted by Gasteiger charge is -2.32. The molecule has 0 aromatic heterocycles. The van der Waals surface area contributed by atoms with E-state index in [4.69, 9.17) is 0 Å². The van der Waals surface area contributed by atoms with E-state index in [1.807, 2.05) is 4.90 Å². The molecule has 3 aliphatic rings. The molecule has 3 fully saturated rings. The number of sulfone groups is 1. The van der Waals surface area contributed by atoms with Crippen LogP contribution < -0.4 is 5.32 Å². The van der Waals surface area contributed by atoms with Gasteiger partial charge in [-0.1, -0.05) is 19.8 Å². The topological polar surface area (TPSA) is 66.5 Å². The van der Waals surface area contributed by atoms with Gasteiger partial charge in [-0.3, -0.25) is 0 Å². The summed E-state index contributed by atoms with van der Waals surface area (Å²) in [6.07, 6.45) is 6.23. The molecule has 120 valence electrons. The van der Waals surface area contributed by atoms with Gasteiger partial charge in [0, 0.05) is 19.1 Å². The molecule has 0 spiro atoms. The zero-order chi connectivity index (χ0) is 15.0. The molecule has 21 heavy (non-hydrogen) atoms. The number of hydrogen-bond acceptors (Lipinski definition) is 3. The molecule has 2 amide bonds. The van der Waals surface area contributed by atoms with Gasteiger partial charge in [0.1, 0.15) is 0 Å². The monoisotopic (exact) mass is 314 g/mol. The Bertz CT molecular complexity index is 505. The summed E-state index contributed by atoms with van der Waals surface area (Å²) in [5.74, 6) is 1.48. The highest BCUT2D eigenvalue weighted by Crippen LogP contribution is 2.39. The van der Waals surface area contributed by atoms with Crippen LogP contribution in [0.5, 0.6) is 0 Å². The molecule has 5 nitrogen and oxygen atoms in total. The largest absolute Gasteiger partial charge is 0.337 e. The lowest BCUT2D eigenvalue weighted by molar-refractivity contribution is 0.169. The smallest absolute Gasteiger partial charge is 0.317 e. The van der Waals surface area contributed by atoms with Gasteiger partial charge in [-0.25, -0.2) is 13.2 Å². The minimum Gasteiger partial charge on any atom is -0.337 e. The van der Waals surface area contributed by atoms with Crippen molar-refractivity contribution < 1.29 is 13.2 Å². The van der Waals surface area contributed by atoms with Crippen LogP contribution >= 0.6 is 0 Å². The van der Waals surface area contributed by atoms with Crippen LogP contribution in [-0.4, -0.2) is 49.5 Å². The molecule has 2 aliphatic heterocycles. The number of fused-ring (bicyclic) bond motifs is 1. The Morgan fingerprint density at radius 1 is 1.19 bits per heavy atom. The van der Waals surface area contributed by atoms with Gasteiger partial charge >= 0.3 is 6.03 Å². The lowest BCUT2D eigenvalue weighted by atomic mass is 9.80. The number of carbonyl (C=O) groups is 1. The number of urea groups is 1. The zero-order valence-electron chi connectivity index (χ0n) is 12.8. The van der Waals surface area contributed by atoms with Crippen molar-refractivity contribution in [3.63, 3.8) is 0 Å². The van der Waals surface area contributed by atoms with Crippen molar-refractivity contribution in [2.75, 3.05) is 18.8 Å². The van der Waals surface area contributed by atoms with Crippen LogP contribution in [0.1, 0.15) is 45.4 Å². The Labute approximate surface area is 127 Å². The van der Waals surface area contributed by atoms with E-state index < -0.39 is 9.84 Å². The van der Waals surface area contributed by atoms with E-state index in [9.17, 15) is 13.2 Å². The molecule has 2 heterocycles. The third-order valence-electron chi connectivity index (χ3n) is 5.60. The molecular formula is C15H26N2O3S. The van der Waals surface area contributed by atoms with Crippen LogP contribution in [0.3, 0.4) is 0 Å². The van der Waals surface area contributed by atoms with Crippen LogP contribution in [0.15, 0.2) is 0 Å². The van der Waals surface area contributed by atoms with Gasteiger partial charge in [0.2, 0.25) is 0 Å². The number of rotatable bonds is 2. The minimum atomic E-state index is -2.97. The van der Waals surface area contributed by atoms with Crippen molar-refractivity contribution in [2.45, 2.75) is 56.7 Å². The maximum atomic E-state index is 12.4. The fourth-order valence-corrected chi connectivity index (χ4v) is 6.16. The Kier molecular flexibility index (Phi) is 4.17. The molecule has 0 aromatic rings. The average molecular weight is 314 g/mol. The van der Waals surface area contributed by atoms with Crippen LogP contribution in [0.4, 0.5) is 4.79 Å². The summed E-state index contributed by atoms with van der Waals surface area (Å²) in [5.41, 5.74) is 0. The number of nitrogens with zero attached hydrogens (tertiary/aromatic N) is 1. The lowest BCUT2D eigenvalue weighted by Crippen LogP contribution is -2.47. The summed E-state index contributed by atoms with van der Waals surface area (Å²) < 4.78 is 23.6. The first-order valence-corrected chi connectivity index (χ1v) is 9.96. The summed E-state index contributed by atoms with van der Waals surface area (Å²) in [4.78, 5) is 14.4. The maximum Gasteiger partial charge on any atom is 0.317 e. The van der Waals surface area contributed by atoms with Gasteiger partial charge in [0.05, 0.1) is 11.0 Å². The van der Waals surface area contributed by atoms with Gasteiger partial charge in [0.25, 0.3) is 0 Å². The number of amides is 2. The first kappa shape index (κ1) is 15.1. The van der Waals surface area contributed by atoms with E-state index in [0.717, 1.165) is 19.4 Å². The third-order valence-corrected chi connectivity index (χ3v) is 7.88. The normalized spacial score (nSPS) is 38.2. The van der Waals surface area contributed by atoms with E-state index in [1.54, 1.807) is 0 Å². The van der Waals surface area contributed by atoms with E-state index in [-0.39, 0.29) is 23.6 Å². The first-order valence-electron chi connectivity index (χ1n) is 8.25. The molecule has 3 rings (SSSR count). The Balaban J connectivity index is 1.58. The van der Waals surface area contributed by atoms with Crippen molar-refractivity contribution in [1.82, 2.24) is 10.2 Å². The predicted molar refractivity (Wildman–Crippen MR) is 81.8 cm³/mol. The van der Waals surface area contributed by atoms with E-state index >= 15 is 0 Å². The summed E-state index contributed by atoms with van der Waals surface area (Å²) in [5, 5.41) is 2.51. The molecule has 1 N–H and O–H groups in total. The van der Waals surface area contributed by atoms with Gasteiger partial charge in [0.15, 0.2) is 9.84 Å².